The van der Waals surface area contributed by atoms with Gasteiger partial charge in [-0.25, -0.2) is 0 Å². The van der Waals surface area contributed by atoms with Gasteiger partial charge in [-0.05, 0) is 32.0 Å². The molecule has 0 saturated carbocycles. The first-order chi connectivity index (χ1) is 7.72. The van der Waals surface area contributed by atoms with Gasteiger partial charge in [0.25, 0.3) is 0 Å². The fraction of sp³-hybridized carbons (Fsp3) is 0.667. The van der Waals surface area contributed by atoms with E-state index in [4.69, 9.17) is 10.2 Å². The topological polar surface area (TPSA) is 45.6 Å². The van der Waals surface area contributed by atoms with Crippen LogP contribution in [0.1, 0.15) is 24.6 Å². The summed E-state index contributed by atoms with van der Waals surface area (Å²) < 4.78 is 5.81. The molecule has 90 valence electrons. The Morgan fingerprint density at radius 3 is 2.56 bits per heavy atom. The maximum atomic E-state index is 5.85. The molecule has 4 nitrogen and oxygen atoms in total. The molecule has 1 aliphatic rings. The van der Waals surface area contributed by atoms with Crippen molar-refractivity contribution < 1.29 is 4.42 Å². The summed E-state index contributed by atoms with van der Waals surface area (Å²) in [6.07, 6.45) is 2.55. The van der Waals surface area contributed by atoms with E-state index in [1.54, 1.807) is 0 Å². The van der Waals surface area contributed by atoms with Crippen molar-refractivity contribution in [1.82, 2.24) is 4.90 Å². The second-order valence-electron chi connectivity index (χ2n) is 4.57. The van der Waals surface area contributed by atoms with Crippen LogP contribution in [0.2, 0.25) is 0 Å². The summed E-state index contributed by atoms with van der Waals surface area (Å²) in [6, 6.07) is 4.30. The Morgan fingerprint density at radius 2 is 2.06 bits per heavy atom. The molecule has 0 radical (unpaired) electrons. The van der Waals surface area contributed by atoms with Crippen molar-refractivity contribution in [2.75, 3.05) is 38.6 Å². The molecule has 0 amide bonds. The SMILES string of the molecule is CN(C)c1ccc([C@H](CN)N2CCCC2)o1. The quantitative estimate of drug-likeness (QED) is 0.839. The largest absolute Gasteiger partial charge is 0.444 e. The van der Waals surface area contributed by atoms with Crippen molar-refractivity contribution in [3.05, 3.63) is 17.9 Å². The Bertz CT molecular complexity index is 329. The fourth-order valence-corrected chi connectivity index (χ4v) is 2.26. The molecule has 0 unspecified atom stereocenters. The van der Waals surface area contributed by atoms with Crippen LogP contribution < -0.4 is 10.6 Å². The van der Waals surface area contributed by atoms with Crippen LogP contribution >= 0.6 is 0 Å². The van der Waals surface area contributed by atoms with Gasteiger partial charge in [0.1, 0.15) is 5.76 Å². The smallest absolute Gasteiger partial charge is 0.195 e. The number of anilines is 1. The highest BCUT2D eigenvalue weighted by Gasteiger charge is 2.24. The van der Waals surface area contributed by atoms with Gasteiger partial charge in [-0.1, -0.05) is 0 Å². The van der Waals surface area contributed by atoms with Gasteiger partial charge in [-0.3, -0.25) is 4.90 Å². The number of nitrogens with two attached hydrogens (primary N) is 1. The summed E-state index contributed by atoms with van der Waals surface area (Å²) in [7, 11) is 3.96. The van der Waals surface area contributed by atoms with Crippen molar-refractivity contribution in [2.24, 2.45) is 5.73 Å². The minimum atomic E-state index is 0.246. The van der Waals surface area contributed by atoms with Crippen LogP contribution in [0.15, 0.2) is 16.5 Å². The zero-order valence-electron chi connectivity index (χ0n) is 10.1. The van der Waals surface area contributed by atoms with Crippen LogP contribution in [0.5, 0.6) is 0 Å². The molecular weight excluding hydrogens is 202 g/mol. The third-order valence-electron chi connectivity index (χ3n) is 3.19. The molecule has 1 fully saturated rings. The van der Waals surface area contributed by atoms with Gasteiger partial charge in [0.05, 0.1) is 6.04 Å². The molecule has 2 N–H and O–H groups in total. The number of likely N-dealkylation sites (tertiary alicyclic amines) is 1. The molecular formula is C12H21N3O. The number of hydrogen-bond acceptors (Lipinski definition) is 4. The molecule has 1 aromatic heterocycles. The van der Waals surface area contributed by atoms with E-state index < -0.39 is 0 Å². The predicted molar refractivity (Wildman–Crippen MR) is 65.6 cm³/mol. The summed E-state index contributed by atoms with van der Waals surface area (Å²) in [5, 5.41) is 0. The lowest BCUT2D eigenvalue weighted by Crippen LogP contribution is -2.31. The van der Waals surface area contributed by atoms with E-state index in [-0.39, 0.29) is 6.04 Å². The van der Waals surface area contributed by atoms with Gasteiger partial charge >= 0.3 is 0 Å². The second kappa shape index (κ2) is 4.89. The van der Waals surface area contributed by atoms with Crippen molar-refractivity contribution >= 4 is 5.88 Å². The lowest BCUT2D eigenvalue weighted by Gasteiger charge is -2.24. The van der Waals surface area contributed by atoms with Crippen molar-refractivity contribution in [2.45, 2.75) is 18.9 Å². The number of furan rings is 1. The summed E-state index contributed by atoms with van der Waals surface area (Å²) in [4.78, 5) is 4.39. The summed E-state index contributed by atoms with van der Waals surface area (Å²) >= 11 is 0. The molecule has 0 bridgehead atoms. The Labute approximate surface area is 97.0 Å². The number of nitrogens with zero attached hydrogens (tertiary/aromatic N) is 2. The molecule has 1 atom stereocenters. The molecule has 4 heteroatoms. The third-order valence-corrected chi connectivity index (χ3v) is 3.19. The molecule has 0 aliphatic carbocycles. The van der Waals surface area contributed by atoms with E-state index in [1.807, 2.05) is 31.1 Å². The Hall–Kier alpha value is -1.00. The van der Waals surface area contributed by atoms with Gasteiger partial charge in [-0.2, -0.15) is 0 Å². The van der Waals surface area contributed by atoms with Crippen LogP contribution in [0.25, 0.3) is 0 Å². The van der Waals surface area contributed by atoms with Gasteiger partial charge in [0.15, 0.2) is 5.88 Å². The monoisotopic (exact) mass is 223 g/mol. The lowest BCUT2D eigenvalue weighted by atomic mass is 10.2. The normalized spacial score (nSPS) is 18.9. The molecule has 0 aromatic carbocycles. The van der Waals surface area contributed by atoms with E-state index in [9.17, 15) is 0 Å². The Balaban J connectivity index is 2.12. The summed E-state index contributed by atoms with van der Waals surface area (Å²) in [5.74, 6) is 1.89. The van der Waals surface area contributed by atoms with Gasteiger partial charge in [0.2, 0.25) is 0 Å². The molecule has 1 aliphatic heterocycles. The predicted octanol–water partition coefficient (Wildman–Crippen LogP) is 1.44. The molecule has 16 heavy (non-hydrogen) atoms. The molecule has 2 rings (SSSR count). The Morgan fingerprint density at radius 1 is 1.38 bits per heavy atom. The van der Waals surface area contributed by atoms with Crippen LogP contribution in [0, 0.1) is 0 Å². The average molecular weight is 223 g/mol. The molecule has 0 spiro atoms. The highest BCUT2D eigenvalue weighted by atomic mass is 16.4. The number of rotatable bonds is 4. The first-order valence-corrected chi connectivity index (χ1v) is 5.93. The molecule has 2 heterocycles. The van der Waals surface area contributed by atoms with Crippen LogP contribution in [0.3, 0.4) is 0 Å². The summed E-state index contributed by atoms with van der Waals surface area (Å²) in [5.41, 5.74) is 5.85. The molecule has 1 aromatic rings. The molecule has 1 saturated heterocycles. The van der Waals surface area contributed by atoms with E-state index in [0.29, 0.717) is 6.54 Å². The standard InChI is InChI=1S/C12H21N3O/c1-14(2)12-6-5-11(16-12)10(9-13)15-7-3-4-8-15/h5-6,10H,3-4,7-9,13H2,1-2H3/t10-/m0/s1. The first kappa shape index (κ1) is 11.5. The highest BCUT2D eigenvalue weighted by Crippen LogP contribution is 2.28. The lowest BCUT2D eigenvalue weighted by molar-refractivity contribution is 0.221. The zero-order chi connectivity index (χ0) is 11.5. The highest BCUT2D eigenvalue weighted by molar-refractivity contribution is 5.34. The Kier molecular flexibility index (Phi) is 3.51. The van der Waals surface area contributed by atoms with Crippen LogP contribution in [0.4, 0.5) is 5.88 Å². The van der Waals surface area contributed by atoms with Crippen molar-refractivity contribution in [3.8, 4) is 0 Å². The zero-order valence-corrected chi connectivity index (χ0v) is 10.1. The second-order valence-corrected chi connectivity index (χ2v) is 4.57. The van der Waals surface area contributed by atoms with Crippen LogP contribution in [-0.2, 0) is 0 Å². The fourth-order valence-electron chi connectivity index (χ4n) is 2.26. The van der Waals surface area contributed by atoms with Crippen molar-refractivity contribution in [3.63, 3.8) is 0 Å². The third kappa shape index (κ3) is 2.23. The minimum Gasteiger partial charge on any atom is -0.444 e. The van der Waals surface area contributed by atoms with E-state index in [2.05, 4.69) is 4.90 Å². The van der Waals surface area contributed by atoms with Gasteiger partial charge < -0.3 is 15.1 Å². The first-order valence-electron chi connectivity index (χ1n) is 5.93. The van der Waals surface area contributed by atoms with E-state index in [0.717, 1.165) is 24.7 Å². The van der Waals surface area contributed by atoms with Gasteiger partial charge in [0, 0.05) is 26.7 Å². The van der Waals surface area contributed by atoms with Gasteiger partial charge in [-0.15, -0.1) is 0 Å². The average Bonchev–Trinajstić information content (AvgIpc) is 2.88. The number of hydrogen-bond donors (Lipinski definition) is 1. The summed E-state index contributed by atoms with van der Waals surface area (Å²) in [6.45, 7) is 2.90. The van der Waals surface area contributed by atoms with Crippen molar-refractivity contribution in [1.29, 1.82) is 0 Å². The van der Waals surface area contributed by atoms with E-state index in [1.165, 1.54) is 12.8 Å². The minimum absolute atomic E-state index is 0.246. The van der Waals surface area contributed by atoms with E-state index >= 15 is 0 Å². The maximum Gasteiger partial charge on any atom is 0.195 e. The van der Waals surface area contributed by atoms with Crippen LogP contribution in [-0.4, -0.2) is 38.6 Å². The maximum absolute atomic E-state index is 5.85.